The van der Waals surface area contributed by atoms with Gasteiger partial charge in [-0.25, -0.2) is 4.39 Å². The fourth-order valence-electron chi connectivity index (χ4n) is 4.81. The molecule has 2 aromatic rings. The lowest BCUT2D eigenvalue weighted by Crippen LogP contribution is -2.35. The molecule has 1 atom stereocenters. The van der Waals surface area contributed by atoms with Gasteiger partial charge in [0.15, 0.2) is 10.9 Å². The van der Waals surface area contributed by atoms with Crippen LogP contribution >= 0.6 is 11.8 Å². The van der Waals surface area contributed by atoms with Crippen molar-refractivity contribution in [2.24, 2.45) is 5.92 Å². The molecule has 1 amide bonds. The van der Waals surface area contributed by atoms with Gasteiger partial charge in [-0.2, -0.15) is 0 Å². The number of thioether (sulfide) groups is 1. The predicted molar refractivity (Wildman–Crippen MR) is 128 cm³/mol. The first-order valence-corrected chi connectivity index (χ1v) is 13.0. The second-order valence-electron chi connectivity index (χ2n) is 9.45. The molecule has 0 aliphatic carbocycles. The standard InChI is InChI=1S/C24H30FN5O3S/c1-15-6-8-29(9-7-15)23-27-28-24(30(23)13-17-3-2-10-33-17)34-14-21(31)18-11-16-4-5-22(32)26-20(16)12-19(18)25/h11-12,15,17H,2-10,13-14H2,1H3,(H,26,32). The van der Waals surface area contributed by atoms with Crippen molar-refractivity contribution in [2.75, 3.05) is 35.7 Å². The van der Waals surface area contributed by atoms with Crippen LogP contribution in [-0.2, 0) is 22.5 Å². The lowest BCUT2D eigenvalue weighted by atomic mass is 9.98. The van der Waals surface area contributed by atoms with Crippen molar-refractivity contribution in [3.63, 3.8) is 0 Å². The Morgan fingerprint density at radius 3 is 2.82 bits per heavy atom. The molecule has 0 bridgehead atoms. The Kier molecular flexibility index (Phi) is 6.87. The average molecular weight is 488 g/mol. The maximum atomic E-state index is 14.7. The summed E-state index contributed by atoms with van der Waals surface area (Å²) in [6.45, 7) is 5.56. The quantitative estimate of drug-likeness (QED) is 0.471. The molecule has 4 heterocycles. The number of halogens is 1. The van der Waals surface area contributed by atoms with Crippen LogP contribution in [0.4, 0.5) is 16.0 Å². The summed E-state index contributed by atoms with van der Waals surface area (Å²) < 4.78 is 22.6. The van der Waals surface area contributed by atoms with Crippen LogP contribution in [0.2, 0.25) is 0 Å². The lowest BCUT2D eigenvalue weighted by molar-refractivity contribution is -0.116. The third-order valence-corrected chi connectivity index (χ3v) is 7.86. The lowest BCUT2D eigenvalue weighted by Gasteiger charge is -2.31. The van der Waals surface area contributed by atoms with Crippen molar-refractivity contribution in [2.45, 2.75) is 63.3 Å². The van der Waals surface area contributed by atoms with E-state index in [9.17, 15) is 14.0 Å². The van der Waals surface area contributed by atoms with Crippen LogP contribution in [0, 0.1) is 11.7 Å². The number of aryl methyl sites for hydroxylation is 1. The zero-order chi connectivity index (χ0) is 23.7. The Morgan fingerprint density at radius 1 is 1.24 bits per heavy atom. The number of ketones is 1. The third-order valence-electron chi connectivity index (χ3n) is 6.90. The van der Waals surface area contributed by atoms with Crippen molar-refractivity contribution in [3.8, 4) is 0 Å². The van der Waals surface area contributed by atoms with E-state index in [0.29, 0.717) is 36.1 Å². The molecule has 1 aromatic carbocycles. The highest BCUT2D eigenvalue weighted by Crippen LogP contribution is 2.30. The summed E-state index contributed by atoms with van der Waals surface area (Å²) in [5.74, 6) is 0.539. The van der Waals surface area contributed by atoms with E-state index in [0.717, 1.165) is 56.9 Å². The summed E-state index contributed by atoms with van der Waals surface area (Å²) in [5, 5.41) is 12.2. The van der Waals surface area contributed by atoms with E-state index >= 15 is 0 Å². The molecule has 1 aromatic heterocycles. The van der Waals surface area contributed by atoms with Gasteiger partial charge >= 0.3 is 0 Å². The van der Waals surface area contributed by atoms with Crippen LogP contribution in [0.3, 0.4) is 0 Å². The Labute approximate surface area is 202 Å². The number of amides is 1. The number of ether oxygens (including phenoxy) is 1. The molecule has 2 saturated heterocycles. The number of carbonyl (C=O) groups is 2. The first-order chi connectivity index (χ1) is 16.5. The summed E-state index contributed by atoms with van der Waals surface area (Å²) in [4.78, 5) is 26.8. The summed E-state index contributed by atoms with van der Waals surface area (Å²) >= 11 is 1.29. The zero-order valence-electron chi connectivity index (χ0n) is 19.4. The number of benzene rings is 1. The minimum atomic E-state index is -0.615. The van der Waals surface area contributed by atoms with Crippen LogP contribution in [0.1, 0.15) is 54.9 Å². The van der Waals surface area contributed by atoms with E-state index in [1.54, 1.807) is 6.07 Å². The number of anilines is 2. The molecule has 2 fully saturated rings. The molecule has 0 spiro atoms. The van der Waals surface area contributed by atoms with Gasteiger partial charge in [-0.05, 0) is 55.7 Å². The summed E-state index contributed by atoms with van der Waals surface area (Å²) in [7, 11) is 0. The largest absolute Gasteiger partial charge is 0.376 e. The van der Waals surface area contributed by atoms with Gasteiger partial charge < -0.3 is 15.0 Å². The van der Waals surface area contributed by atoms with E-state index in [4.69, 9.17) is 4.74 Å². The molecule has 0 saturated carbocycles. The number of nitrogens with zero attached hydrogens (tertiary/aromatic N) is 4. The topological polar surface area (TPSA) is 89.4 Å². The maximum absolute atomic E-state index is 14.7. The van der Waals surface area contributed by atoms with Gasteiger partial charge in [-0.1, -0.05) is 18.7 Å². The first-order valence-electron chi connectivity index (χ1n) is 12.1. The molecule has 1 N–H and O–H groups in total. The van der Waals surface area contributed by atoms with Crippen LogP contribution in [0.5, 0.6) is 0 Å². The van der Waals surface area contributed by atoms with E-state index in [2.05, 4.69) is 31.9 Å². The first kappa shape index (κ1) is 23.3. The summed E-state index contributed by atoms with van der Waals surface area (Å²) in [6.07, 6.45) is 5.23. The Hall–Kier alpha value is -2.46. The second-order valence-corrected chi connectivity index (χ2v) is 10.4. The van der Waals surface area contributed by atoms with Crippen LogP contribution in [0.15, 0.2) is 17.3 Å². The Balaban J connectivity index is 1.32. The van der Waals surface area contributed by atoms with E-state index in [-0.39, 0.29) is 29.1 Å². The van der Waals surface area contributed by atoms with E-state index in [1.165, 1.54) is 17.8 Å². The molecule has 5 rings (SSSR count). The van der Waals surface area contributed by atoms with E-state index in [1.807, 2.05) is 0 Å². The molecule has 3 aliphatic heterocycles. The zero-order valence-corrected chi connectivity index (χ0v) is 20.2. The molecule has 3 aliphatic rings. The van der Waals surface area contributed by atoms with Gasteiger partial charge in [0.1, 0.15) is 5.82 Å². The van der Waals surface area contributed by atoms with Gasteiger partial charge in [-0.15, -0.1) is 10.2 Å². The number of carbonyl (C=O) groups excluding carboxylic acids is 2. The Bertz CT molecular complexity index is 1080. The van der Waals surface area contributed by atoms with Crippen molar-refractivity contribution in [1.82, 2.24) is 14.8 Å². The highest BCUT2D eigenvalue weighted by Gasteiger charge is 2.27. The molecule has 1 unspecified atom stereocenters. The second kappa shape index (κ2) is 10.0. The van der Waals surface area contributed by atoms with Crippen molar-refractivity contribution in [1.29, 1.82) is 0 Å². The maximum Gasteiger partial charge on any atom is 0.228 e. The van der Waals surface area contributed by atoms with Crippen molar-refractivity contribution < 1.29 is 18.7 Å². The van der Waals surface area contributed by atoms with Gasteiger partial charge in [0, 0.05) is 31.8 Å². The number of rotatable bonds is 7. The van der Waals surface area contributed by atoms with Crippen LogP contribution < -0.4 is 10.2 Å². The van der Waals surface area contributed by atoms with Crippen LogP contribution in [-0.4, -0.2) is 58.0 Å². The fourth-order valence-corrected chi connectivity index (χ4v) is 5.63. The molecule has 182 valence electrons. The third kappa shape index (κ3) is 4.98. The van der Waals surface area contributed by atoms with Gasteiger partial charge in [-0.3, -0.25) is 14.2 Å². The highest BCUT2D eigenvalue weighted by molar-refractivity contribution is 7.99. The van der Waals surface area contributed by atoms with E-state index < -0.39 is 5.82 Å². The van der Waals surface area contributed by atoms with Gasteiger partial charge in [0.25, 0.3) is 0 Å². The molecule has 8 nitrogen and oxygen atoms in total. The number of piperidine rings is 1. The molecule has 0 radical (unpaired) electrons. The van der Waals surface area contributed by atoms with Crippen molar-refractivity contribution in [3.05, 3.63) is 29.1 Å². The average Bonchev–Trinajstić information content (AvgIpc) is 3.48. The van der Waals surface area contributed by atoms with Crippen molar-refractivity contribution >= 4 is 35.1 Å². The highest BCUT2D eigenvalue weighted by atomic mass is 32.2. The number of nitrogens with one attached hydrogen (secondary N) is 1. The Morgan fingerprint density at radius 2 is 2.06 bits per heavy atom. The number of hydrogen-bond donors (Lipinski definition) is 1. The molecule has 34 heavy (non-hydrogen) atoms. The predicted octanol–water partition coefficient (Wildman–Crippen LogP) is 3.69. The minimum absolute atomic E-state index is 0.0535. The number of Topliss-reactive ketones (excluding diaryl/α,β-unsaturated/α-hetero) is 1. The van der Waals surface area contributed by atoms with Gasteiger partial charge in [0.2, 0.25) is 11.9 Å². The van der Waals surface area contributed by atoms with Gasteiger partial charge in [0.05, 0.1) is 24.0 Å². The SMILES string of the molecule is CC1CCN(c2nnc(SCC(=O)c3cc4c(cc3F)NC(=O)CC4)n2CC2CCCO2)CC1. The molecular weight excluding hydrogens is 457 g/mol. The molecule has 10 heteroatoms. The monoisotopic (exact) mass is 487 g/mol. The number of hydrogen-bond acceptors (Lipinski definition) is 7. The smallest absolute Gasteiger partial charge is 0.228 e. The number of fused-ring (bicyclic) bond motifs is 1. The number of aromatic nitrogens is 3. The normalized spacial score (nSPS) is 20.9. The minimum Gasteiger partial charge on any atom is -0.376 e. The van der Waals surface area contributed by atoms with Crippen LogP contribution in [0.25, 0.3) is 0 Å². The summed E-state index contributed by atoms with van der Waals surface area (Å²) in [6, 6.07) is 2.82. The molecular formula is C24H30FN5O3S. The fraction of sp³-hybridized carbons (Fsp3) is 0.583. The summed E-state index contributed by atoms with van der Waals surface area (Å²) in [5.41, 5.74) is 1.30.